The minimum absolute atomic E-state index is 0.626. The molecule has 0 atom stereocenters. The average Bonchev–Trinajstić information content (AvgIpc) is 3.16. The summed E-state index contributed by atoms with van der Waals surface area (Å²) in [6.45, 7) is 8.32. The molecule has 0 aliphatic carbocycles. The van der Waals surface area contributed by atoms with E-state index in [1.54, 1.807) is 13.4 Å². The Bertz CT molecular complexity index is 698. The molecule has 2 rings (SSSR count). The monoisotopic (exact) mass is 388 g/mol. The summed E-state index contributed by atoms with van der Waals surface area (Å²) in [4.78, 5) is 9.13. The lowest BCUT2D eigenvalue weighted by atomic mass is 10.1. The fourth-order valence-corrected chi connectivity index (χ4v) is 2.50. The minimum atomic E-state index is 0.626. The molecular formula is C21H32N4O3. The first-order valence-corrected chi connectivity index (χ1v) is 9.83. The molecule has 7 nitrogen and oxygen atoms in total. The van der Waals surface area contributed by atoms with E-state index in [2.05, 4.69) is 46.6 Å². The number of ether oxygens (including phenoxy) is 2. The number of guanidine groups is 1. The van der Waals surface area contributed by atoms with Crippen molar-refractivity contribution in [1.29, 1.82) is 0 Å². The van der Waals surface area contributed by atoms with Gasteiger partial charge in [0.15, 0.2) is 5.96 Å². The molecule has 0 bridgehead atoms. The number of oxazole rings is 1. The maximum atomic E-state index is 5.61. The van der Waals surface area contributed by atoms with Gasteiger partial charge in [0.2, 0.25) is 5.89 Å². The molecule has 1 heterocycles. The highest BCUT2D eigenvalue weighted by atomic mass is 16.5. The highest BCUT2D eigenvalue weighted by Gasteiger charge is 2.07. The van der Waals surface area contributed by atoms with Gasteiger partial charge in [0.25, 0.3) is 0 Å². The third kappa shape index (κ3) is 8.10. The van der Waals surface area contributed by atoms with E-state index in [0.717, 1.165) is 43.1 Å². The molecule has 0 saturated heterocycles. The van der Waals surface area contributed by atoms with E-state index in [9.17, 15) is 0 Å². The number of rotatable bonds is 12. The molecule has 0 unspecified atom stereocenters. The Kier molecular flexibility index (Phi) is 10.1. The summed E-state index contributed by atoms with van der Waals surface area (Å²) in [5.41, 5.74) is 3.13. The van der Waals surface area contributed by atoms with Crippen LogP contribution in [0.15, 0.2) is 39.9 Å². The SMILES string of the molecule is CCNC(=NCCCOCCOC)NCCc1coc(-c2ccc(C)cc2)n1. The van der Waals surface area contributed by atoms with Gasteiger partial charge in [0.05, 0.1) is 18.9 Å². The van der Waals surface area contributed by atoms with E-state index in [-0.39, 0.29) is 0 Å². The molecule has 1 aromatic heterocycles. The smallest absolute Gasteiger partial charge is 0.226 e. The van der Waals surface area contributed by atoms with Crippen LogP contribution in [0.5, 0.6) is 0 Å². The van der Waals surface area contributed by atoms with Gasteiger partial charge in [-0.3, -0.25) is 4.99 Å². The summed E-state index contributed by atoms with van der Waals surface area (Å²) in [5, 5.41) is 6.58. The van der Waals surface area contributed by atoms with Crippen molar-refractivity contribution in [1.82, 2.24) is 15.6 Å². The Labute approximate surface area is 167 Å². The quantitative estimate of drug-likeness (QED) is 0.331. The van der Waals surface area contributed by atoms with E-state index in [1.807, 2.05) is 12.1 Å². The van der Waals surface area contributed by atoms with E-state index >= 15 is 0 Å². The van der Waals surface area contributed by atoms with Crippen molar-refractivity contribution in [2.75, 3.05) is 46.6 Å². The largest absolute Gasteiger partial charge is 0.444 e. The number of benzene rings is 1. The first-order valence-electron chi connectivity index (χ1n) is 9.83. The van der Waals surface area contributed by atoms with Gasteiger partial charge in [-0.15, -0.1) is 0 Å². The first kappa shape index (κ1) is 21.9. The molecule has 0 fully saturated rings. The number of aliphatic imine (C=N–C) groups is 1. The van der Waals surface area contributed by atoms with Gasteiger partial charge in [0, 0.05) is 45.3 Å². The van der Waals surface area contributed by atoms with Gasteiger partial charge in [0.1, 0.15) is 6.26 Å². The molecule has 0 aliphatic heterocycles. The summed E-state index contributed by atoms with van der Waals surface area (Å²) >= 11 is 0. The number of aromatic nitrogens is 1. The van der Waals surface area contributed by atoms with Crippen LogP contribution in [0.4, 0.5) is 0 Å². The molecule has 7 heteroatoms. The van der Waals surface area contributed by atoms with Crippen LogP contribution in [0.25, 0.3) is 11.5 Å². The van der Waals surface area contributed by atoms with Crippen molar-refractivity contribution in [2.24, 2.45) is 4.99 Å². The Morgan fingerprint density at radius 1 is 1.14 bits per heavy atom. The fraction of sp³-hybridized carbons (Fsp3) is 0.524. The topological polar surface area (TPSA) is 80.9 Å². The van der Waals surface area contributed by atoms with E-state index in [4.69, 9.17) is 13.9 Å². The molecule has 2 N–H and O–H groups in total. The normalized spacial score (nSPS) is 11.6. The van der Waals surface area contributed by atoms with Crippen LogP contribution >= 0.6 is 0 Å². The molecule has 2 aromatic rings. The zero-order valence-electron chi connectivity index (χ0n) is 17.2. The summed E-state index contributed by atoms with van der Waals surface area (Å²) in [7, 11) is 1.67. The van der Waals surface area contributed by atoms with Crippen molar-refractivity contribution in [2.45, 2.75) is 26.7 Å². The second kappa shape index (κ2) is 12.9. The number of hydrogen-bond acceptors (Lipinski definition) is 5. The van der Waals surface area contributed by atoms with Gasteiger partial charge in [-0.2, -0.15) is 0 Å². The molecule has 154 valence electrons. The highest BCUT2D eigenvalue weighted by molar-refractivity contribution is 5.79. The maximum absolute atomic E-state index is 5.61. The molecular weight excluding hydrogens is 356 g/mol. The van der Waals surface area contributed by atoms with Crippen molar-refractivity contribution in [3.8, 4) is 11.5 Å². The molecule has 0 spiro atoms. The second-order valence-electron chi connectivity index (χ2n) is 6.41. The summed E-state index contributed by atoms with van der Waals surface area (Å²) in [5.74, 6) is 1.46. The predicted molar refractivity (Wildman–Crippen MR) is 112 cm³/mol. The van der Waals surface area contributed by atoms with Crippen molar-refractivity contribution >= 4 is 5.96 Å². The highest BCUT2D eigenvalue weighted by Crippen LogP contribution is 2.19. The van der Waals surface area contributed by atoms with Gasteiger partial charge < -0.3 is 24.5 Å². The summed E-state index contributed by atoms with van der Waals surface area (Å²) in [6, 6.07) is 8.17. The van der Waals surface area contributed by atoms with Gasteiger partial charge >= 0.3 is 0 Å². The zero-order valence-corrected chi connectivity index (χ0v) is 17.2. The second-order valence-corrected chi connectivity index (χ2v) is 6.41. The number of nitrogens with zero attached hydrogens (tertiary/aromatic N) is 2. The Balaban J connectivity index is 1.73. The first-order chi connectivity index (χ1) is 13.7. The number of aryl methyl sites for hydroxylation is 1. The van der Waals surface area contributed by atoms with Gasteiger partial charge in [-0.1, -0.05) is 17.7 Å². The number of hydrogen-bond donors (Lipinski definition) is 2. The molecule has 28 heavy (non-hydrogen) atoms. The third-order valence-electron chi connectivity index (χ3n) is 4.02. The van der Waals surface area contributed by atoms with Crippen LogP contribution in [0.1, 0.15) is 24.6 Å². The van der Waals surface area contributed by atoms with Crippen LogP contribution in [-0.4, -0.2) is 57.5 Å². The molecule has 0 amide bonds. The van der Waals surface area contributed by atoms with Crippen molar-refractivity contribution in [3.63, 3.8) is 0 Å². The Morgan fingerprint density at radius 2 is 1.96 bits per heavy atom. The molecule has 0 aliphatic rings. The van der Waals surface area contributed by atoms with Gasteiger partial charge in [-0.05, 0) is 32.4 Å². The van der Waals surface area contributed by atoms with Crippen LogP contribution in [0, 0.1) is 6.92 Å². The third-order valence-corrected chi connectivity index (χ3v) is 4.02. The molecule has 0 saturated carbocycles. The zero-order chi connectivity index (χ0) is 20.0. The van der Waals surface area contributed by atoms with Crippen LogP contribution in [0.3, 0.4) is 0 Å². The Hall–Kier alpha value is -2.38. The average molecular weight is 389 g/mol. The predicted octanol–water partition coefficient (Wildman–Crippen LogP) is 2.80. The summed E-state index contributed by atoms with van der Waals surface area (Å²) < 4.78 is 16.0. The number of methoxy groups -OCH3 is 1. The van der Waals surface area contributed by atoms with Crippen molar-refractivity contribution < 1.29 is 13.9 Å². The fourth-order valence-electron chi connectivity index (χ4n) is 2.50. The van der Waals surface area contributed by atoms with Crippen molar-refractivity contribution in [3.05, 3.63) is 41.8 Å². The lowest BCUT2D eigenvalue weighted by molar-refractivity contribution is 0.0702. The van der Waals surface area contributed by atoms with Crippen LogP contribution in [0.2, 0.25) is 0 Å². The standard InChI is InChI=1S/C21H32N4O3/c1-4-22-21(23-11-5-13-27-15-14-26-3)24-12-10-19-16-28-20(25-19)18-8-6-17(2)7-9-18/h6-9,16H,4-5,10-15H2,1-3H3,(H2,22,23,24). The Morgan fingerprint density at radius 3 is 2.71 bits per heavy atom. The minimum Gasteiger partial charge on any atom is -0.444 e. The lowest BCUT2D eigenvalue weighted by Gasteiger charge is -2.10. The summed E-state index contributed by atoms with van der Waals surface area (Å²) in [6.07, 6.45) is 3.36. The molecule has 1 aromatic carbocycles. The van der Waals surface area contributed by atoms with Crippen LogP contribution in [-0.2, 0) is 15.9 Å². The van der Waals surface area contributed by atoms with E-state index in [1.165, 1.54) is 5.56 Å². The maximum Gasteiger partial charge on any atom is 0.226 e. The van der Waals surface area contributed by atoms with Gasteiger partial charge in [-0.25, -0.2) is 4.98 Å². The van der Waals surface area contributed by atoms with E-state index in [0.29, 0.717) is 32.3 Å². The van der Waals surface area contributed by atoms with E-state index < -0.39 is 0 Å². The molecule has 0 radical (unpaired) electrons. The number of nitrogens with one attached hydrogen (secondary N) is 2. The van der Waals surface area contributed by atoms with Crippen LogP contribution < -0.4 is 10.6 Å². The lowest BCUT2D eigenvalue weighted by Crippen LogP contribution is -2.38.